The Hall–Kier alpha value is -1.57. The SMILES string of the molecule is C=C(C)C(=O)OCCc1c[c]ccc1. The van der Waals surface area contributed by atoms with Crippen LogP contribution in [0.1, 0.15) is 12.5 Å². The fraction of sp³-hybridized carbons (Fsp3) is 0.250. The number of carbonyl (C=O) groups is 1. The van der Waals surface area contributed by atoms with Gasteiger partial charge in [0, 0.05) is 12.0 Å². The molecule has 1 aromatic carbocycles. The van der Waals surface area contributed by atoms with Gasteiger partial charge in [-0.25, -0.2) is 4.79 Å². The van der Waals surface area contributed by atoms with Gasteiger partial charge in [-0.1, -0.05) is 30.8 Å². The van der Waals surface area contributed by atoms with Gasteiger partial charge in [-0.2, -0.15) is 0 Å². The zero-order valence-corrected chi connectivity index (χ0v) is 8.25. The number of ether oxygens (including phenoxy) is 1. The van der Waals surface area contributed by atoms with Crippen LogP contribution in [0.4, 0.5) is 0 Å². The molecule has 2 nitrogen and oxygen atoms in total. The van der Waals surface area contributed by atoms with E-state index in [0.717, 1.165) is 12.0 Å². The highest BCUT2D eigenvalue weighted by Gasteiger charge is 2.01. The Bertz CT molecular complexity index is 314. The molecule has 0 spiro atoms. The third kappa shape index (κ3) is 3.44. The van der Waals surface area contributed by atoms with Gasteiger partial charge in [0.2, 0.25) is 0 Å². The minimum atomic E-state index is -0.329. The first-order chi connectivity index (χ1) is 6.70. The monoisotopic (exact) mass is 189 g/mol. The Balaban J connectivity index is 2.29. The zero-order valence-electron chi connectivity index (χ0n) is 8.25. The summed E-state index contributed by atoms with van der Waals surface area (Å²) in [6.07, 6.45) is 0.719. The molecule has 73 valence electrons. The predicted octanol–water partition coefficient (Wildman–Crippen LogP) is 2.15. The first kappa shape index (κ1) is 10.5. The highest BCUT2D eigenvalue weighted by atomic mass is 16.5. The third-order valence-electron chi connectivity index (χ3n) is 1.74. The van der Waals surface area contributed by atoms with E-state index in [2.05, 4.69) is 12.6 Å². The Morgan fingerprint density at radius 1 is 1.64 bits per heavy atom. The molecule has 0 amide bonds. The van der Waals surface area contributed by atoms with Crippen molar-refractivity contribution in [2.45, 2.75) is 13.3 Å². The summed E-state index contributed by atoms with van der Waals surface area (Å²) in [6, 6.07) is 10.6. The second-order valence-corrected chi connectivity index (χ2v) is 3.08. The molecule has 0 unspecified atom stereocenters. The van der Waals surface area contributed by atoms with Crippen LogP contribution in [-0.2, 0) is 16.0 Å². The van der Waals surface area contributed by atoms with Gasteiger partial charge in [0.05, 0.1) is 6.61 Å². The van der Waals surface area contributed by atoms with Crippen molar-refractivity contribution in [2.24, 2.45) is 0 Å². The van der Waals surface area contributed by atoms with Crippen molar-refractivity contribution < 1.29 is 9.53 Å². The molecule has 0 atom stereocenters. The number of benzene rings is 1. The van der Waals surface area contributed by atoms with Gasteiger partial charge in [0.15, 0.2) is 0 Å². The molecule has 0 bridgehead atoms. The lowest BCUT2D eigenvalue weighted by Crippen LogP contribution is -2.07. The van der Waals surface area contributed by atoms with Gasteiger partial charge < -0.3 is 4.74 Å². The van der Waals surface area contributed by atoms with E-state index >= 15 is 0 Å². The summed E-state index contributed by atoms with van der Waals surface area (Å²) < 4.78 is 4.96. The van der Waals surface area contributed by atoms with E-state index in [1.165, 1.54) is 0 Å². The van der Waals surface area contributed by atoms with Crippen molar-refractivity contribution in [2.75, 3.05) is 6.61 Å². The van der Waals surface area contributed by atoms with Crippen molar-refractivity contribution >= 4 is 5.97 Å². The van der Waals surface area contributed by atoms with Gasteiger partial charge in [0.1, 0.15) is 0 Å². The highest BCUT2D eigenvalue weighted by Crippen LogP contribution is 2.00. The molecule has 0 saturated carbocycles. The van der Waals surface area contributed by atoms with Crippen molar-refractivity contribution in [1.82, 2.24) is 0 Å². The number of carbonyl (C=O) groups excluding carboxylic acids is 1. The molecular weight excluding hydrogens is 176 g/mol. The fourth-order valence-electron chi connectivity index (χ4n) is 0.971. The molecule has 0 saturated heterocycles. The predicted molar refractivity (Wildman–Crippen MR) is 54.8 cm³/mol. The second-order valence-electron chi connectivity index (χ2n) is 3.08. The normalized spacial score (nSPS) is 9.50. The average molecular weight is 189 g/mol. The standard InChI is InChI=1S/C12H13O2/c1-10(2)12(13)14-9-8-11-6-4-3-5-7-11/h3-4,6-7H,1,8-9H2,2H3. The first-order valence-corrected chi connectivity index (χ1v) is 4.48. The summed E-state index contributed by atoms with van der Waals surface area (Å²) in [4.78, 5) is 11.0. The largest absolute Gasteiger partial charge is 0.462 e. The van der Waals surface area contributed by atoms with Crippen molar-refractivity contribution in [3.8, 4) is 0 Å². The quantitative estimate of drug-likeness (QED) is 0.536. The average Bonchev–Trinajstić information content (AvgIpc) is 2.19. The number of esters is 1. The van der Waals surface area contributed by atoms with Gasteiger partial charge in [-0.05, 0) is 18.6 Å². The number of hydrogen-bond donors (Lipinski definition) is 0. The molecule has 1 aromatic rings. The molecule has 0 aliphatic carbocycles. The van der Waals surface area contributed by atoms with E-state index in [9.17, 15) is 4.79 Å². The summed E-state index contributed by atoms with van der Waals surface area (Å²) >= 11 is 0. The topological polar surface area (TPSA) is 26.3 Å². The van der Waals surface area contributed by atoms with Crippen molar-refractivity contribution in [3.05, 3.63) is 48.0 Å². The van der Waals surface area contributed by atoms with Crippen molar-refractivity contribution in [3.63, 3.8) is 0 Å². The van der Waals surface area contributed by atoms with Crippen LogP contribution in [0.3, 0.4) is 0 Å². The molecule has 0 N–H and O–H groups in total. The van der Waals surface area contributed by atoms with Crippen LogP contribution in [-0.4, -0.2) is 12.6 Å². The summed E-state index contributed by atoms with van der Waals surface area (Å²) in [5.41, 5.74) is 1.55. The molecule has 2 heteroatoms. The maximum absolute atomic E-state index is 11.0. The fourth-order valence-corrected chi connectivity index (χ4v) is 0.971. The molecule has 1 rings (SSSR count). The van der Waals surface area contributed by atoms with Crippen LogP contribution in [0.5, 0.6) is 0 Å². The Labute approximate surface area is 84.2 Å². The zero-order chi connectivity index (χ0) is 10.4. The summed E-state index contributed by atoms with van der Waals surface area (Å²) in [7, 11) is 0. The molecule has 1 radical (unpaired) electrons. The highest BCUT2D eigenvalue weighted by molar-refractivity contribution is 5.86. The maximum Gasteiger partial charge on any atom is 0.333 e. The molecule has 0 fully saturated rings. The lowest BCUT2D eigenvalue weighted by atomic mass is 10.2. The van der Waals surface area contributed by atoms with Crippen LogP contribution >= 0.6 is 0 Å². The summed E-state index contributed by atoms with van der Waals surface area (Å²) in [6.45, 7) is 5.53. The van der Waals surface area contributed by atoms with Gasteiger partial charge in [-0.15, -0.1) is 0 Å². The minimum absolute atomic E-state index is 0.329. The van der Waals surface area contributed by atoms with Crippen LogP contribution in [0.15, 0.2) is 36.4 Å². The third-order valence-corrected chi connectivity index (χ3v) is 1.74. The van der Waals surface area contributed by atoms with E-state index in [-0.39, 0.29) is 5.97 Å². The second kappa shape index (κ2) is 5.22. The molecule has 0 aromatic heterocycles. The molecular formula is C12H13O2. The number of rotatable bonds is 4. The molecule has 0 aliphatic heterocycles. The smallest absolute Gasteiger partial charge is 0.333 e. The lowest BCUT2D eigenvalue weighted by molar-refractivity contribution is -0.138. The Morgan fingerprint density at radius 3 is 3.00 bits per heavy atom. The number of hydrogen-bond acceptors (Lipinski definition) is 2. The van der Waals surface area contributed by atoms with Gasteiger partial charge in [-0.3, -0.25) is 0 Å². The van der Waals surface area contributed by atoms with Crippen LogP contribution in [0.2, 0.25) is 0 Å². The molecule has 0 heterocycles. The lowest BCUT2D eigenvalue weighted by Gasteiger charge is -2.03. The van der Waals surface area contributed by atoms with E-state index < -0.39 is 0 Å². The summed E-state index contributed by atoms with van der Waals surface area (Å²) in [5, 5.41) is 0. The molecule has 0 aliphatic rings. The first-order valence-electron chi connectivity index (χ1n) is 4.48. The Kier molecular flexibility index (Phi) is 3.92. The van der Waals surface area contributed by atoms with Crippen LogP contribution in [0, 0.1) is 6.07 Å². The van der Waals surface area contributed by atoms with Gasteiger partial charge >= 0.3 is 5.97 Å². The van der Waals surface area contributed by atoms with E-state index in [1.54, 1.807) is 6.92 Å². The van der Waals surface area contributed by atoms with Crippen LogP contribution in [0.25, 0.3) is 0 Å². The minimum Gasteiger partial charge on any atom is -0.462 e. The van der Waals surface area contributed by atoms with E-state index in [0.29, 0.717) is 12.2 Å². The van der Waals surface area contributed by atoms with Crippen molar-refractivity contribution in [1.29, 1.82) is 0 Å². The van der Waals surface area contributed by atoms with E-state index in [4.69, 9.17) is 4.74 Å². The summed E-state index contributed by atoms with van der Waals surface area (Å²) in [5.74, 6) is -0.329. The Morgan fingerprint density at radius 2 is 2.43 bits per heavy atom. The van der Waals surface area contributed by atoms with Crippen LogP contribution < -0.4 is 0 Å². The van der Waals surface area contributed by atoms with E-state index in [1.807, 2.05) is 24.3 Å². The molecule has 14 heavy (non-hydrogen) atoms. The maximum atomic E-state index is 11.0. The van der Waals surface area contributed by atoms with Gasteiger partial charge in [0.25, 0.3) is 0 Å².